The number of ether oxygens (including phenoxy) is 3. The van der Waals surface area contributed by atoms with Gasteiger partial charge in [-0.15, -0.1) is 0 Å². The zero-order chi connectivity index (χ0) is 19.7. The lowest BCUT2D eigenvalue weighted by Crippen LogP contribution is -2.99. The van der Waals surface area contributed by atoms with Gasteiger partial charge < -0.3 is 24.7 Å². The van der Waals surface area contributed by atoms with E-state index < -0.39 is 5.23 Å². The number of fused-ring (bicyclic) bond motifs is 2. The van der Waals surface area contributed by atoms with Gasteiger partial charge in [0.05, 0.1) is 20.3 Å². The molecule has 7 heteroatoms. The van der Waals surface area contributed by atoms with E-state index in [1.54, 1.807) is 32.4 Å². The van der Waals surface area contributed by atoms with Gasteiger partial charge in [-0.1, -0.05) is 12.1 Å². The lowest BCUT2D eigenvalue weighted by atomic mass is 9.68. The summed E-state index contributed by atoms with van der Waals surface area (Å²) in [6.45, 7) is 2.27. The predicted octanol–water partition coefficient (Wildman–Crippen LogP) is 1.85. The van der Waals surface area contributed by atoms with E-state index >= 15 is 0 Å². The van der Waals surface area contributed by atoms with E-state index in [4.69, 9.17) is 14.2 Å². The van der Waals surface area contributed by atoms with Crippen molar-refractivity contribution in [3.8, 4) is 11.5 Å². The first-order chi connectivity index (χ1) is 13.6. The number of hydrogen-bond donors (Lipinski definition) is 3. The molecule has 1 fully saturated rings. The Bertz CT molecular complexity index is 849. The maximum absolute atomic E-state index is 11.4. The van der Waals surface area contributed by atoms with Crippen LogP contribution in [0.2, 0.25) is 0 Å². The summed E-state index contributed by atoms with van der Waals surface area (Å²) in [5.41, 5.74) is 3.53. The van der Waals surface area contributed by atoms with Crippen molar-refractivity contribution < 1.29 is 24.6 Å². The Labute approximate surface area is 164 Å². The topological polar surface area (TPSA) is 87.5 Å². The molecule has 150 valence electrons. The highest BCUT2D eigenvalue weighted by Gasteiger charge is 2.42. The second-order valence-electron chi connectivity index (χ2n) is 7.43. The average Bonchev–Trinajstić information content (AvgIpc) is 2.74. The van der Waals surface area contributed by atoms with E-state index in [1.807, 2.05) is 12.1 Å². The zero-order valence-electron chi connectivity index (χ0n) is 16.2. The third kappa shape index (κ3) is 3.25. The molecule has 3 N–H and O–H groups in total. The smallest absolute Gasteiger partial charge is 0.164 e. The lowest BCUT2D eigenvalue weighted by Gasteiger charge is -2.45. The van der Waals surface area contributed by atoms with Crippen LogP contribution >= 0.6 is 0 Å². The molecular formula is C21H26N2O5. The molecule has 2 heterocycles. The molecule has 2 aliphatic heterocycles. The first-order valence-corrected chi connectivity index (χ1v) is 9.49. The summed E-state index contributed by atoms with van der Waals surface area (Å²) in [6, 6.07) is 11.1. The Kier molecular flexibility index (Phi) is 5.27. The van der Waals surface area contributed by atoms with E-state index in [-0.39, 0.29) is 17.1 Å². The summed E-state index contributed by atoms with van der Waals surface area (Å²) in [7, 11) is 3.28. The Morgan fingerprint density at radius 2 is 1.86 bits per heavy atom. The van der Waals surface area contributed by atoms with E-state index in [9.17, 15) is 10.4 Å². The van der Waals surface area contributed by atoms with E-state index in [2.05, 4.69) is 11.4 Å². The van der Waals surface area contributed by atoms with Crippen LogP contribution < -0.4 is 20.0 Å². The number of rotatable bonds is 4. The van der Waals surface area contributed by atoms with Crippen LogP contribution in [0.1, 0.15) is 35.6 Å². The fourth-order valence-corrected chi connectivity index (χ4v) is 4.45. The van der Waals surface area contributed by atoms with Crippen molar-refractivity contribution in [3.05, 3.63) is 58.3 Å². The molecule has 2 aromatic carbocycles. The summed E-state index contributed by atoms with van der Waals surface area (Å²) < 4.78 is 16.7. The molecule has 7 nitrogen and oxygen atoms in total. The molecule has 0 aromatic heterocycles. The Balaban J connectivity index is 1.85. The monoisotopic (exact) mass is 386 g/mol. The highest BCUT2D eigenvalue weighted by atomic mass is 16.8. The molecule has 1 saturated heterocycles. The lowest BCUT2D eigenvalue weighted by molar-refractivity contribution is -0.991. The van der Waals surface area contributed by atoms with Crippen molar-refractivity contribution in [2.45, 2.75) is 24.3 Å². The van der Waals surface area contributed by atoms with Crippen molar-refractivity contribution >= 4 is 5.69 Å². The van der Waals surface area contributed by atoms with Crippen molar-refractivity contribution in [3.63, 3.8) is 0 Å². The molecule has 0 bridgehead atoms. The number of methoxy groups -OCH3 is 2. The normalized spacial score (nSPS) is 21.8. The molecule has 0 saturated carbocycles. The molecule has 1 unspecified atom stereocenters. The first kappa shape index (κ1) is 19.2. The van der Waals surface area contributed by atoms with Crippen LogP contribution in [0.3, 0.4) is 0 Å². The average molecular weight is 386 g/mol. The molecule has 0 radical (unpaired) electrons. The second kappa shape index (κ2) is 7.69. The summed E-state index contributed by atoms with van der Waals surface area (Å²) in [6.07, 6.45) is 1.87. The number of nitrogens with one attached hydrogen (secondary N) is 2. The van der Waals surface area contributed by atoms with Gasteiger partial charge in [0.2, 0.25) is 0 Å². The van der Waals surface area contributed by atoms with Crippen LogP contribution in [0.4, 0.5) is 5.69 Å². The molecule has 2 aromatic rings. The van der Waals surface area contributed by atoms with Gasteiger partial charge in [-0.05, 0) is 41.7 Å². The third-order valence-electron chi connectivity index (χ3n) is 6.00. The maximum Gasteiger partial charge on any atom is 0.164 e. The standard InChI is InChI=1S/C21H26N2O5/c1-26-18-11-16-17(12-19(18)27-2)21(6-8-28-9-7-21)13-22-20(16)14-4-3-5-15(10-14)23(24)25/h3-5,10-12,20,22-24H,6-9,13H2,1-2H3/t20-/m1/s1. The fraction of sp³-hybridized carbons (Fsp3) is 0.429. The van der Waals surface area contributed by atoms with Crippen LogP contribution in [0.5, 0.6) is 11.5 Å². The van der Waals surface area contributed by atoms with Crippen LogP contribution in [-0.4, -0.2) is 39.2 Å². The Hall–Kier alpha value is -2.16. The van der Waals surface area contributed by atoms with Crippen molar-refractivity contribution in [2.75, 3.05) is 34.0 Å². The van der Waals surface area contributed by atoms with Gasteiger partial charge in [-0.3, -0.25) is 0 Å². The highest BCUT2D eigenvalue weighted by Crippen LogP contribution is 2.47. The number of quaternary nitrogens is 1. The van der Waals surface area contributed by atoms with Crippen LogP contribution in [0.15, 0.2) is 36.4 Å². The van der Waals surface area contributed by atoms with E-state index in [0.717, 1.165) is 43.7 Å². The summed E-state index contributed by atoms with van der Waals surface area (Å²) in [5.74, 6) is 1.39. The summed E-state index contributed by atoms with van der Waals surface area (Å²) >= 11 is 0. The van der Waals surface area contributed by atoms with Gasteiger partial charge in [0.1, 0.15) is 0 Å². The van der Waals surface area contributed by atoms with Gasteiger partial charge in [0, 0.05) is 37.3 Å². The molecule has 0 amide bonds. The summed E-state index contributed by atoms with van der Waals surface area (Å²) in [5, 5.41) is 23.6. The Morgan fingerprint density at radius 3 is 2.54 bits per heavy atom. The molecule has 2 atom stereocenters. The minimum absolute atomic E-state index is 0.0198. The van der Waals surface area contributed by atoms with Gasteiger partial charge >= 0.3 is 0 Å². The van der Waals surface area contributed by atoms with Gasteiger partial charge in [-0.25, -0.2) is 5.21 Å². The predicted molar refractivity (Wildman–Crippen MR) is 103 cm³/mol. The molecule has 1 spiro atoms. The van der Waals surface area contributed by atoms with Crippen LogP contribution in [0, 0.1) is 5.21 Å². The quantitative estimate of drug-likeness (QED) is 0.695. The third-order valence-corrected chi connectivity index (χ3v) is 6.00. The maximum atomic E-state index is 11.4. The second-order valence-corrected chi connectivity index (χ2v) is 7.43. The summed E-state index contributed by atoms with van der Waals surface area (Å²) in [4.78, 5) is 0. The van der Waals surface area contributed by atoms with Crippen molar-refractivity contribution in [2.24, 2.45) is 0 Å². The van der Waals surface area contributed by atoms with E-state index in [1.165, 1.54) is 5.56 Å². The first-order valence-electron chi connectivity index (χ1n) is 9.49. The molecule has 2 aliphatic rings. The van der Waals surface area contributed by atoms with Crippen molar-refractivity contribution in [1.29, 1.82) is 0 Å². The van der Waals surface area contributed by atoms with E-state index in [0.29, 0.717) is 11.5 Å². The van der Waals surface area contributed by atoms with Gasteiger partial charge in [-0.2, -0.15) is 5.23 Å². The number of hydrogen-bond acceptors (Lipinski definition) is 6. The minimum atomic E-state index is -0.925. The fourth-order valence-electron chi connectivity index (χ4n) is 4.45. The minimum Gasteiger partial charge on any atom is -0.595 e. The van der Waals surface area contributed by atoms with Gasteiger partial charge in [0.25, 0.3) is 0 Å². The highest BCUT2D eigenvalue weighted by molar-refractivity contribution is 5.55. The molecule has 4 rings (SSSR count). The SMILES string of the molecule is COc1cc2c(cc1OC)C1(CCOCC1)CN[C@@H]2c1cccc([NH+]([O-])O)c1. The molecular weight excluding hydrogens is 360 g/mol. The molecule has 0 aliphatic carbocycles. The number of benzene rings is 2. The Morgan fingerprint density at radius 1 is 1.14 bits per heavy atom. The van der Waals surface area contributed by atoms with Crippen molar-refractivity contribution in [1.82, 2.24) is 5.32 Å². The molecule has 28 heavy (non-hydrogen) atoms. The largest absolute Gasteiger partial charge is 0.595 e. The van der Waals surface area contributed by atoms with Gasteiger partial charge in [0.15, 0.2) is 17.2 Å². The van der Waals surface area contributed by atoms with Crippen LogP contribution in [0.25, 0.3) is 0 Å². The van der Waals surface area contributed by atoms with Crippen LogP contribution in [-0.2, 0) is 10.2 Å². The zero-order valence-corrected chi connectivity index (χ0v) is 16.2.